The maximum Gasteiger partial charge on any atom is 0.389 e. The van der Waals surface area contributed by atoms with Gasteiger partial charge in [0.25, 0.3) is 0 Å². The van der Waals surface area contributed by atoms with Gasteiger partial charge in [0.05, 0.1) is 32.0 Å². The Kier molecular flexibility index (Phi) is 14.3. The summed E-state index contributed by atoms with van der Waals surface area (Å²) in [5.41, 5.74) is 2.91. The molecule has 3 N–H and O–H groups in total. The number of halogens is 3. The molecule has 0 saturated carbocycles. The molecule has 46 heavy (non-hydrogen) atoms. The molecular formula is C35H46F3N3O5. The van der Waals surface area contributed by atoms with Gasteiger partial charge in [-0.25, -0.2) is 0 Å². The van der Waals surface area contributed by atoms with Crippen LogP contribution < -0.4 is 15.4 Å². The van der Waals surface area contributed by atoms with Gasteiger partial charge in [-0.15, -0.1) is 13.2 Å². The van der Waals surface area contributed by atoms with E-state index >= 15 is 0 Å². The van der Waals surface area contributed by atoms with Crippen LogP contribution in [0.15, 0.2) is 73.8 Å². The molecule has 3 rings (SSSR count). The molecule has 0 spiro atoms. The van der Waals surface area contributed by atoms with Crippen molar-refractivity contribution in [3.05, 3.63) is 90.5 Å². The second kappa shape index (κ2) is 17.9. The van der Waals surface area contributed by atoms with Gasteiger partial charge in [-0.2, -0.15) is 13.2 Å². The first-order chi connectivity index (χ1) is 22.0. The number of nitrogens with one attached hydrogen (secondary N) is 2. The monoisotopic (exact) mass is 645 g/mol. The highest BCUT2D eigenvalue weighted by molar-refractivity contribution is 5.87. The van der Waals surface area contributed by atoms with Crippen molar-refractivity contribution in [3.63, 3.8) is 0 Å². The predicted molar refractivity (Wildman–Crippen MR) is 171 cm³/mol. The second-order valence-corrected chi connectivity index (χ2v) is 11.5. The highest BCUT2D eigenvalue weighted by atomic mass is 19.4. The molecule has 2 aromatic carbocycles. The van der Waals surface area contributed by atoms with Crippen LogP contribution in [-0.2, 0) is 20.7 Å². The quantitative estimate of drug-likeness (QED) is 0.173. The number of hydrogen-bond acceptors (Lipinski definition) is 6. The number of carbonyl (C=O) groups excluding carboxylic acids is 2. The molecule has 0 saturated heterocycles. The summed E-state index contributed by atoms with van der Waals surface area (Å²) in [6.07, 6.45) is -2.44. The third-order valence-electron chi connectivity index (χ3n) is 8.20. The molecule has 0 radical (unpaired) electrons. The minimum absolute atomic E-state index is 0.136. The summed E-state index contributed by atoms with van der Waals surface area (Å²) in [6.45, 7) is 7.96. The Morgan fingerprint density at radius 1 is 1.13 bits per heavy atom. The molecule has 0 bridgehead atoms. The van der Waals surface area contributed by atoms with Crippen molar-refractivity contribution in [2.24, 2.45) is 0 Å². The normalized spacial score (nSPS) is 17.8. The molecular weight excluding hydrogens is 599 g/mol. The van der Waals surface area contributed by atoms with E-state index in [9.17, 15) is 27.9 Å². The number of amides is 2. The average molecular weight is 646 g/mol. The number of methoxy groups -OCH3 is 1. The first-order valence-electron chi connectivity index (χ1n) is 15.6. The maximum absolute atomic E-state index is 13.7. The van der Waals surface area contributed by atoms with Crippen LogP contribution in [-0.4, -0.2) is 73.5 Å². The van der Waals surface area contributed by atoms with E-state index in [2.05, 4.69) is 23.8 Å². The van der Waals surface area contributed by atoms with E-state index in [1.807, 2.05) is 48.5 Å². The standard InChI is InChI=1S/C35H46F3N3O5/c1-5-7-14-30(41(3)33(43)15-11-18-35(36,37)38)34(44)40-29(20-24-12-9-8-10-13-24)31(42)23-39-28-22-32(46-19-6-2)26-17-16-25(45-4)21-27(26)28/h5-6,8-10,12-13,16-17,21,28-32,39,42H,1-2,7,11,14-15,18-20,22-23H2,3-4H3,(H,40,44)/t28-,29-,30?,31+,32+/m0/s1. The SMILES string of the molecule is C=CCCC(C(=O)N[C@@H](Cc1ccccc1)[C@H](O)CN[C@H]1C[C@@H](OCC=C)c2ccc(OC)cc21)N(C)C(=O)CCCC(F)(F)F. The fraction of sp³-hybridized carbons (Fsp3) is 0.486. The number of fused-ring (bicyclic) bond motifs is 1. The summed E-state index contributed by atoms with van der Waals surface area (Å²) in [5.74, 6) is -0.353. The topological polar surface area (TPSA) is 100 Å². The lowest BCUT2D eigenvalue weighted by atomic mass is 9.99. The van der Waals surface area contributed by atoms with Crippen molar-refractivity contribution in [2.45, 2.75) is 81.5 Å². The van der Waals surface area contributed by atoms with Crippen LogP contribution in [0.4, 0.5) is 13.2 Å². The van der Waals surface area contributed by atoms with E-state index in [-0.39, 0.29) is 38.0 Å². The number of alkyl halides is 3. The van der Waals surface area contributed by atoms with E-state index in [0.717, 1.165) is 16.7 Å². The number of aliphatic hydroxyl groups excluding tert-OH is 1. The molecule has 8 nitrogen and oxygen atoms in total. The molecule has 5 atom stereocenters. The Morgan fingerprint density at radius 3 is 2.52 bits per heavy atom. The highest BCUT2D eigenvalue weighted by Crippen LogP contribution is 2.42. The molecule has 1 unspecified atom stereocenters. The molecule has 2 aromatic rings. The van der Waals surface area contributed by atoms with Crippen molar-refractivity contribution < 1.29 is 37.3 Å². The number of benzene rings is 2. The lowest BCUT2D eigenvalue weighted by Gasteiger charge is -2.31. The van der Waals surface area contributed by atoms with Crippen LogP contribution in [0.3, 0.4) is 0 Å². The van der Waals surface area contributed by atoms with E-state index < -0.39 is 42.6 Å². The van der Waals surface area contributed by atoms with Gasteiger partial charge in [0.15, 0.2) is 0 Å². The van der Waals surface area contributed by atoms with Crippen LogP contribution in [0.2, 0.25) is 0 Å². The Hall–Kier alpha value is -3.67. The second-order valence-electron chi connectivity index (χ2n) is 11.5. The van der Waals surface area contributed by atoms with E-state index in [1.165, 1.54) is 11.9 Å². The van der Waals surface area contributed by atoms with Crippen LogP contribution in [0.5, 0.6) is 5.75 Å². The molecule has 1 aliphatic carbocycles. The number of allylic oxidation sites excluding steroid dienone is 1. The van der Waals surface area contributed by atoms with Gasteiger partial charge >= 0.3 is 6.18 Å². The lowest BCUT2D eigenvalue weighted by molar-refractivity contribution is -0.144. The van der Waals surface area contributed by atoms with Gasteiger partial charge in [-0.1, -0.05) is 48.6 Å². The number of ether oxygens (including phenoxy) is 2. The van der Waals surface area contributed by atoms with Crippen molar-refractivity contribution in [1.29, 1.82) is 0 Å². The van der Waals surface area contributed by atoms with Crippen molar-refractivity contribution in [3.8, 4) is 5.75 Å². The summed E-state index contributed by atoms with van der Waals surface area (Å²) in [6, 6.07) is 13.4. The smallest absolute Gasteiger partial charge is 0.389 e. The number of aliphatic hydroxyl groups is 1. The fourth-order valence-electron chi connectivity index (χ4n) is 5.68. The summed E-state index contributed by atoms with van der Waals surface area (Å²) in [7, 11) is 3.02. The summed E-state index contributed by atoms with van der Waals surface area (Å²) in [5, 5.41) is 17.9. The molecule has 1 aliphatic rings. The zero-order valence-electron chi connectivity index (χ0n) is 26.6. The van der Waals surface area contributed by atoms with Crippen molar-refractivity contribution in [2.75, 3.05) is 27.3 Å². The maximum atomic E-state index is 13.7. The van der Waals surface area contributed by atoms with Crippen molar-refractivity contribution in [1.82, 2.24) is 15.5 Å². The number of likely N-dealkylation sites (N-methyl/N-ethyl adjacent to an activating group) is 1. The van der Waals surface area contributed by atoms with Crippen molar-refractivity contribution >= 4 is 11.8 Å². The number of nitrogens with zero attached hydrogens (tertiary/aromatic N) is 1. The zero-order chi connectivity index (χ0) is 33.7. The largest absolute Gasteiger partial charge is 0.497 e. The van der Waals surface area contributed by atoms with Crippen LogP contribution in [0.25, 0.3) is 0 Å². The highest BCUT2D eigenvalue weighted by Gasteiger charge is 2.34. The van der Waals surface area contributed by atoms with Gasteiger partial charge in [0, 0.05) is 32.5 Å². The van der Waals surface area contributed by atoms with Crippen LogP contribution in [0, 0.1) is 0 Å². The van der Waals surface area contributed by atoms with E-state index in [1.54, 1.807) is 19.3 Å². The molecule has 0 aromatic heterocycles. The average Bonchev–Trinajstić information content (AvgIpc) is 3.38. The Balaban J connectivity index is 1.76. The Labute approximate surface area is 269 Å². The van der Waals surface area contributed by atoms with Gasteiger partial charge in [-0.3, -0.25) is 9.59 Å². The summed E-state index contributed by atoms with van der Waals surface area (Å²) in [4.78, 5) is 27.7. The summed E-state index contributed by atoms with van der Waals surface area (Å²) < 4.78 is 49.4. The van der Waals surface area contributed by atoms with Gasteiger partial charge in [0.2, 0.25) is 11.8 Å². The van der Waals surface area contributed by atoms with Gasteiger partial charge in [-0.05, 0) is 60.9 Å². The molecule has 0 fully saturated rings. The molecule has 0 aliphatic heterocycles. The number of rotatable bonds is 19. The van der Waals surface area contributed by atoms with Crippen LogP contribution >= 0.6 is 0 Å². The first kappa shape index (κ1) is 36.8. The third-order valence-corrected chi connectivity index (χ3v) is 8.20. The fourth-order valence-corrected chi connectivity index (χ4v) is 5.68. The molecule has 11 heteroatoms. The van der Waals surface area contributed by atoms with Gasteiger partial charge in [0.1, 0.15) is 11.8 Å². The summed E-state index contributed by atoms with van der Waals surface area (Å²) >= 11 is 0. The Morgan fingerprint density at radius 2 is 1.87 bits per heavy atom. The predicted octanol–water partition coefficient (Wildman–Crippen LogP) is 5.59. The Bertz CT molecular complexity index is 1290. The molecule has 0 heterocycles. The molecule has 2 amide bonds. The minimum atomic E-state index is -4.36. The number of carbonyl (C=O) groups is 2. The number of hydrogen-bond donors (Lipinski definition) is 3. The first-order valence-corrected chi connectivity index (χ1v) is 15.6. The minimum Gasteiger partial charge on any atom is -0.497 e. The molecule has 252 valence electrons. The van der Waals surface area contributed by atoms with Crippen LogP contribution in [0.1, 0.15) is 67.4 Å². The van der Waals surface area contributed by atoms with Gasteiger partial charge < -0.3 is 30.1 Å². The lowest BCUT2D eigenvalue weighted by Crippen LogP contribution is -2.55. The van der Waals surface area contributed by atoms with E-state index in [0.29, 0.717) is 31.6 Å². The van der Waals surface area contributed by atoms with E-state index in [4.69, 9.17) is 9.47 Å². The zero-order valence-corrected chi connectivity index (χ0v) is 26.6. The third kappa shape index (κ3) is 11.0.